The lowest BCUT2D eigenvalue weighted by Gasteiger charge is -2.23. The largest absolute Gasteiger partial charge is 0.503 e. The number of benzene rings is 1. The lowest BCUT2D eigenvalue weighted by molar-refractivity contribution is 0.0924. The van der Waals surface area contributed by atoms with Gasteiger partial charge in [0.15, 0.2) is 17.4 Å². The number of piperidine rings is 1. The number of hydrogen-bond donors (Lipinski definition) is 3. The topological polar surface area (TPSA) is 61.4 Å². The van der Waals surface area contributed by atoms with Gasteiger partial charge < -0.3 is 15.7 Å². The number of carbonyl (C=O) groups excluding carboxylic acids is 1. The van der Waals surface area contributed by atoms with Gasteiger partial charge in [-0.1, -0.05) is 0 Å². The van der Waals surface area contributed by atoms with E-state index in [1.165, 1.54) is 0 Å². The zero-order chi connectivity index (χ0) is 14.0. The van der Waals surface area contributed by atoms with Crippen molar-refractivity contribution >= 4 is 5.91 Å². The van der Waals surface area contributed by atoms with E-state index >= 15 is 0 Å². The van der Waals surface area contributed by atoms with Gasteiger partial charge in [-0.2, -0.15) is 4.39 Å². The molecule has 1 fully saturated rings. The molecular formula is C12H13F3N2O2. The average molecular weight is 274 g/mol. The van der Waals surface area contributed by atoms with Crippen LogP contribution in [0.25, 0.3) is 0 Å². The van der Waals surface area contributed by atoms with Crippen LogP contribution in [0.3, 0.4) is 0 Å². The summed E-state index contributed by atoms with van der Waals surface area (Å²) in [6, 6.07) is 0.242. The van der Waals surface area contributed by atoms with Gasteiger partial charge in [-0.05, 0) is 25.5 Å². The van der Waals surface area contributed by atoms with Crippen molar-refractivity contribution in [3.05, 3.63) is 29.1 Å². The van der Waals surface area contributed by atoms with Gasteiger partial charge in [0.25, 0.3) is 5.91 Å². The van der Waals surface area contributed by atoms with E-state index in [1.54, 1.807) is 0 Å². The summed E-state index contributed by atoms with van der Waals surface area (Å²) >= 11 is 0. The first-order chi connectivity index (χ1) is 9.00. The van der Waals surface area contributed by atoms with Gasteiger partial charge in [-0.3, -0.25) is 4.79 Å². The molecule has 1 aliphatic heterocycles. The average Bonchev–Trinajstić information content (AvgIpc) is 2.41. The number of halogens is 3. The molecule has 104 valence electrons. The second kappa shape index (κ2) is 5.48. The molecule has 0 unspecified atom stereocenters. The Morgan fingerprint density at radius 3 is 2.74 bits per heavy atom. The molecule has 0 saturated carbocycles. The van der Waals surface area contributed by atoms with Crippen LogP contribution in [0.2, 0.25) is 0 Å². The summed E-state index contributed by atoms with van der Waals surface area (Å²) in [5.41, 5.74) is -0.707. The third kappa shape index (κ3) is 2.81. The minimum atomic E-state index is -1.70. The molecule has 2 rings (SSSR count). The Kier molecular flexibility index (Phi) is 3.94. The Balaban J connectivity index is 2.19. The van der Waals surface area contributed by atoms with Gasteiger partial charge >= 0.3 is 0 Å². The van der Waals surface area contributed by atoms with Gasteiger partial charge in [-0.25, -0.2) is 8.78 Å². The summed E-state index contributed by atoms with van der Waals surface area (Å²) in [7, 11) is 0. The molecule has 3 N–H and O–H groups in total. The van der Waals surface area contributed by atoms with E-state index in [0.717, 1.165) is 19.4 Å². The molecule has 4 nitrogen and oxygen atoms in total. The molecule has 1 amide bonds. The van der Waals surface area contributed by atoms with Gasteiger partial charge in [0, 0.05) is 12.6 Å². The highest BCUT2D eigenvalue weighted by Gasteiger charge is 2.24. The highest BCUT2D eigenvalue weighted by atomic mass is 19.2. The van der Waals surface area contributed by atoms with Crippen molar-refractivity contribution in [3.63, 3.8) is 0 Å². The Morgan fingerprint density at radius 2 is 2.11 bits per heavy atom. The Bertz CT molecular complexity index is 502. The molecule has 0 radical (unpaired) electrons. The Labute approximate surface area is 107 Å². The standard InChI is InChI=1S/C12H13F3N2O2/c13-8-4-7(9(14)11(18)10(8)15)12(19)17-6-2-1-3-16-5-6/h4,6,16,18H,1-3,5H2,(H,17,19)/t6-/m0/s1. The van der Waals surface area contributed by atoms with Crippen molar-refractivity contribution in [2.75, 3.05) is 13.1 Å². The van der Waals surface area contributed by atoms with Gasteiger partial charge in [0.05, 0.1) is 5.56 Å². The van der Waals surface area contributed by atoms with Crippen molar-refractivity contribution in [1.29, 1.82) is 0 Å². The van der Waals surface area contributed by atoms with E-state index in [2.05, 4.69) is 10.6 Å². The van der Waals surface area contributed by atoms with Crippen LogP contribution < -0.4 is 10.6 Å². The first-order valence-corrected chi connectivity index (χ1v) is 5.88. The Morgan fingerprint density at radius 1 is 1.37 bits per heavy atom. The lowest BCUT2D eigenvalue weighted by atomic mass is 10.1. The molecule has 1 aliphatic rings. The molecule has 0 bridgehead atoms. The smallest absolute Gasteiger partial charge is 0.254 e. The van der Waals surface area contributed by atoms with Crippen molar-refractivity contribution in [2.24, 2.45) is 0 Å². The summed E-state index contributed by atoms with van der Waals surface area (Å²) in [5, 5.41) is 14.6. The van der Waals surface area contributed by atoms with Crippen LogP contribution in [0.5, 0.6) is 5.75 Å². The fourth-order valence-corrected chi connectivity index (χ4v) is 1.99. The minimum absolute atomic E-state index is 0.198. The SMILES string of the molecule is O=C(N[C@H]1CCCNC1)c1cc(F)c(F)c(O)c1F. The summed E-state index contributed by atoms with van der Waals surface area (Å²) < 4.78 is 39.5. The number of phenols is 1. The molecule has 7 heteroatoms. The van der Waals surface area contributed by atoms with Crippen molar-refractivity contribution in [2.45, 2.75) is 18.9 Å². The van der Waals surface area contributed by atoms with Crippen molar-refractivity contribution in [3.8, 4) is 5.75 Å². The molecule has 19 heavy (non-hydrogen) atoms. The van der Waals surface area contributed by atoms with Crippen LogP contribution in [0.15, 0.2) is 6.07 Å². The predicted molar refractivity (Wildman–Crippen MR) is 61.3 cm³/mol. The third-order valence-corrected chi connectivity index (χ3v) is 3.01. The molecule has 1 atom stereocenters. The van der Waals surface area contributed by atoms with E-state index in [9.17, 15) is 18.0 Å². The number of carbonyl (C=O) groups is 1. The van der Waals surface area contributed by atoms with E-state index in [-0.39, 0.29) is 6.04 Å². The monoisotopic (exact) mass is 274 g/mol. The van der Waals surface area contributed by atoms with E-state index in [0.29, 0.717) is 12.6 Å². The number of phenolic OH excluding ortho intramolecular Hbond substituents is 1. The molecule has 0 aliphatic carbocycles. The van der Waals surface area contributed by atoms with Crippen molar-refractivity contribution < 1.29 is 23.1 Å². The summed E-state index contributed by atoms with van der Waals surface area (Å²) in [5.74, 6) is -6.98. The number of amides is 1. The zero-order valence-corrected chi connectivity index (χ0v) is 9.97. The number of rotatable bonds is 2. The number of nitrogens with one attached hydrogen (secondary N) is 2. The summed E-state index contributed by atoms with van der Waals surface area (Å²) in [4.78, 5) is 11.8. The van der Waals surface area contributed by atoms with Crippen LogP contribution in [-0.2, 0) is 0 Å². The maximum atomic E-state index is 13.5. The predicted octanol–water partition coefficient (Wildman–Crippen LogP) is 1.29. The fourth-order valence-electron chi connectivity index (χ4n) is 1.99. The van der Waals surface area contributed by atoms with E-state index < -0.39 is 34.7 Å². The van der Waals surface area contributed by atoms with Gasteiger partial charge in [-0.15, -0.1) is 0 Å². The van der Waals surface area contributed by atoms with Crippen LogP contribution in [0, 0.1) is 17.5 Å². The van der Waals surface area contributed by atoms with Gasteiger partial charge in [0.2, 0.25) is 5.82 Å². The second-order valence-electron chi connectivity index (χ2n) is 4.40. The molecule has 1 aromatic carbocycles. The minimum Gasteiger partial charge on any atom is -0.503 e. The molecular weight excluding hydrogens is 261 g/mol. The van der Waals surface area contributed by atoms with Crippen LogP contribution in [0.4, 0.5) is 13.2 Å². The summed E-state index contributed by atoms with van der Waals surface area (Å²) in [6.07, 6.45) is 1.58. The highest BCUT2D eigenvalue weighted by molar-refractivity contribution is 5.95. The van der Waals surface area contributed by atoms with Crippen LogP contribution >= 0.6 is 0 Å². The van der Waals surface area contributed by atoms with Crippen molar-refractivity contribution in [1.82, 2.24) is 10.6 Å². The van der Waals surface area contributed by atoms with E-state index in [1.807, 2.05) is 0 Å². The highest BCUT2D eigenvalue weighted by Crippen LogP contribution is 2.25. The van der Waals surface area contributed by atoms with Crippen LogP contribution in [-0.4, -0.2) is 30.1 Å². The summed E-state index contributed by atoms with van der Waals surface area (Å²) in [6.45, 7) is 1.37. The Hall–Kier alpha value is -1.76. The maximum Gasteiger partial charge on any atom is 0.254 e. The first-order valence-electron chi connectivity index (χ1n) is 5.88. The molecule has 1 heterocycles. The first kappa shape index (κ1) is 13.7. The maximum absolute atomic E-state index is 13.5. The lowest BCUT2D eigenvalue weighted by Crippen LogP contribution is -2.45. The molecule has 0 spiro atoms. The molecule has 1 saturated heterocycles. The number of hydrogen-bond acceptors (Lipinski definition) is 3. The molecule has 1 aromatic rings. The van der Waals surface area contributed by atoms with Crippen LogP contribution in [0.1, 0.15) is 23.2 Å². The van der Waals surface area contributed by atoms with Gasteiger partial charge in [0.1, 0.15) is 0 Å². The normalized spacial score (nSPS) is 19.2. The molecule has 0 aromatic heterocycles. The fraction of sp³-hybridized carbons (Fsp3) is 0.417. The third-order valence-electron chi connectivity index (χ3n) is 3.01. The zero-order valence-electron chi connectivity index (χ0n) is 9.97. The second-order valence-corrected chi connectivity index (χ2v) is 4.40. The quantitative estimate of drug-likeness (QED) is 0.712. The van der Waals surface area contributed by atoms with E-state index in [4.69, 9.17) is 5.11 Å². The number of aromatic hydroxyl groups is 1.